The van der Waals surface area contributed by atoms with Gasteiger partial charge < -0.3 is 38.5 Å². The van der Waals surface area contributed by atoms with E-state index in [1.54, 1.807) is 116 Å². The van der Waals surface area contributed by atoms with Crippen molar-refractivity contribution in [1.29, 1.82) is 0 Å². The van der Waals surface area contributed by atoms with Gasteiger partial charge in [0.15, 0.2) is 24.4 Å². The van der Waals surface area contributed by atoms with E-state index < -0.39 is 120 Å². The van der Waals surface area contributed by atoms with Gasteiger partial charge in [0.1, 0.15) is 24.2 Å². The van der Waals surface area contributed by atoms with Crippen LogP contribution in [0.2, 0.25) is 0 Å². The van der Waals surface area contributed by atoms with Gasteiger partial charge in [-0.1, -0.05) is 104 Å². The summed E-state index contributed by atoms with van der Waals surface area (Å²) < 4.78 is 83.6. The van der Waals surface area contributed by atoms with Crippen LogP contribution in [0.25, 0.3) is 0 Å². The van der Waals surface area contributed by atoms with Crippen molar-refractivity contribution >= 4 is 47.5 Å². The highest BCUT2D eigenvalue weighted by atomic mass is 19.3. The standard InChI is InChI=1S/C66H88F4N8O12/c1-37(2)27-51-61(83)87-41(9)57(79)73(11)54(30-40(7)8)64(86)90-56(32-44-17-21-46(22-18-44)36-78-50(24-26-72-78)48-34-66(48,69)70)60(82)76(14)52(28-38(3)4)62(84)88-42(10)58(80)74(12)53(29-39(5)6)63(85)89-55(59(81)75(51)13)31-43-15-19-45(20-16-43)35-77-49(23-25-71-77)47-33-65(47,67)68/h15-26,37-42,47-48,51-56H,27-36H2,1-14H3/t41-,42-,47?,48?,51+,52+,53+,54+,55-,56-/m1/s1. The number of benzene rings is 2. The fourth-order valence-corrected chi connectivity index (χ4v) is 11.4. The molecule has 3 heterocycles. The van der Waals surface area contributed by atoms with Gasteiger partial charge in [-0.05, 0) is 97.6 Å². The SMILES string of the molecule is CC(C)C[C@H]1C(=O)O[C@H](Cc2ccc(Cn3nccc3C3CC3(F)F)cc2)C(=O)N(C)[C@@H](CC(C)C)C(=O)O[C@H](C)C(=O)N(C)[C@@H](CC(C)C)C(=O)O[C@H](Cc2ccc(Cn3nccc3C3CC3(F)F)cc2)C(=O)N(C)[C@@H](CC(C)C)C(=O)O[C@H](C)C(=O)N1C. The third-order valence-electron chi connectivity index (χ3n) is 16.9. The largest absolute Gasteiger partial charge is 0.451 e. The molecule has 2 aliphatic carbocycles. The van der Waals surface area contributed by atoms with Gasteiger partial charge in [0.2, 0.25) is 0 Å². The molecule has 492 valence electrons. The van der Waals surface area contributed by atoms with Crippen molar-refractivity contribution in [3.8, 4) is 0 Å². The van der Waals surface area contributed by atoms with Crippen LogP contribution >= 0.6 is 0 Å². The van der Waals surface area contributed by atoms with Gasteiger partial charge in [-0.3, -0.25) is 28.5 Å². The summed E-state index contributed by atoms with van der Waals surface area (Å²) in [4.78, 5) is 122. The van der Waals surface area contributed by atoms with Crippen LogP contribution in [-0.2, 0) is 83.2 Å². The minimum Gasteiger partial charge on any atom is -0.451 e. The second-order valence-corrected chi connectivity index (χ2v) is 26.3. The molecule has 20 nitrogen and oxygen atoms in total. The highest BCUT2D eigenvalue weighted by molar-refractivity contribution is 5.94. The summed E-state index contributed by atoms with van der Waals surface area (Å²) in [6.07, 6.45) is -4.45. The average Bonchev–Trinajstić information content (AvgIpc) is 1.61. The van der Waals surface area contributed by atoms with E-state index in [2.05, 4.69) is 10.2 Å². The van der Waals surface area contributed by atoms with Crippen molar-refractivity contribution in [3.05, 3.63) is 107 Å². The maximum absolute atomic E-state index is 15.1. The van der Waals surface area contributed by atoms with Crippen molar-refractivity contribution in [3.63, 3.8) is 0 Å². The Morgan fingerprint density at radius 3 is 0.944 bits per heavy atom. The van der Waals surface area contributed by atoms with E-state index in [1.165, 1.54) is 63.8 Å². The number of ether oxygens (including phenoxy) is 4. The second-order valence-electron chi connectivity index (χ2n) is 26.3. The molecule has 2 unspecified atom stereocenters. The van der Waals surface area contributed by atoms with Crippen molar-refractivity contribution in [2.24, 2.45) is 23.7 Å². The van der Waals surface area contributed by atoms with Crippen LogP contribution in [0.1, 0.15) is 153 Å². The van der Waals surface area contributed by atoms with Gasteiger partial charge in [-0.15, -0.1) is 0 Å². The van der Waals surface area contributed by atoms with Gasteiger partial charge in [0.25, 0.3) is 35.5 Å². The van der Waals surface area contributed by atoms with Crippen molar-refractivity contribution in [1.82, 2.24) is 39.2 Å². The molecule has 1 saturated heterocycles. The maximum Gasteiger partial charge on any atom is 0.329 e. The first-order valence-corrected chi connectivity index (χ1v) is 31.0. The lowest BCUT2D eigenvalue weighted by atomic mass is 9.99. The van der Waals surface area contributed by atoms with Gasteiger partial charge >= 0.3 is 23.9 Å². The zero-order valence-corrected chi connectivity index (χ0v) is 54.1. The highest BCUT2D eigenvalue weighted by Gasteiger charge is 2.60. The first-order chi connectivity index (χ1) is 42.2. The second kappa shape index (κ2) is 29.1. The molecular formula is C66H88F4N8O12. The van der Waals surface area contributed by atoms with Gasteiger partial charge in [-0.2, -0.15) is 10.2 Å². The Hall–Kier alpha value is -7.66. The number of carbonyl (C=O) groups excluding carboxylic acids is 8. The summed E-state index contributed by atoms with van der Waals surface area (Å²) in [5.74, 6) is -15.8. The molecule has 7 rings (SSSR count). The Morgan fingerprint density at radius 2 is 0.678 bits per heavy atom. The molecule has 3 fully saturated rings. The fourth-order valence-electron chi connectivity index (χ4n) is 11.4. The number of rotatable bonds is 18. The van der Waals surface area contributed by atoms with Gasteiger partial charge in [0, 0.05) is 77.7 Å². The Balaban J connectivity index is 1.23. The number of aromatic nitrogens is 4. The van der Waals surface area contributed by atoms with Crippen LogP contribution in [0.4, 0.5) is 17.6 Å². The summed E-state index contributed by atoms with van der Waals surface area (Å²) in [6, 6.07) is 11.3. The van der Waals surface area contributed by atoms with Gasteiger partial charge in [0.05, 0.1) is 24.9 Å². The van der Waals surface area contributed by atoms with Crippen LogP contribution < -0.4 is 0 Å². The highest BCUT2D eigenvalue weighted by Crippen LogP contribution is 2.56. The fraction of sp³-hybridized carbons (Fsp3) is 0.606. The molecule has 4 aromatic rings. The number of cyclic esters (lactones) is 4. The van der Waals surface area contributed by atoms with E-state index in [1.807, 2.05) is 0 Å². The molecule has 2 aromatic heterocycles. The summed E-state index contributed by atoms with van der Waals surface area (Å²) in [7, 11) is 5.35. The van der Waals surface area contributed by atoms with Gasteiger partial charge in [-0.25, -0.2) is 36.7 Å². The minimum atomic E-state index is -2.81. The number of amides is 4. The quantitative estimate of drug-likeness (QED) is 0.0519. The van der Waals surface area contributed by atoms with Crippen LogP contribution in [-0.4, -0.2) is 175 Å². The lowest BCUT2D eigenvalue weighted by molar-refractivity contribution is -0.176. The summed E-state index contributed by atoms with van der Waals surface area (Å²) in [5.41, 5.74) is 3.17. The number of esters is 4. The minimum absolute atomic E-state index is 0.0132. The number of alkyl halides is 4. The number of hydrogen-bond donors (Lipinski definition) is 0. The number of likely N-dealkylation sites (N-methyl/N-ethyl adjacent to an activating group) is 4. The van der Waals surface area contributed by atoms with Crippen LogP contribution in [0.3, 0.4) is 0 Å². The normalized spacial score (nSPS) is 26.1. The number of halogens is 4. The third-order valence-corrected chi connectivity index (χ3v) is 16.9. The third kappa shape index (κ3) is 17.4. The Morgan fingerprint density at radius 1 is 0.422 bits per heavy atom. The Labute approximate surface area is 524 Å². The van der Waals surface area contributed by atoms with E-state index in [9.17, 15) is 46.3 Å². The van der Waals surface area contributed by atoms with E-state index in [0.29, 0.717) is 33.6 Å². The first kappa shape index (κ1) is 69.8. The van der Waals surface area contributed by atoms with Crippen molar-refractivity contribution < 1.29 is 74.9 Å². The molecule has 90 heavy (non-hydrogen) atoms. The first-order valence-electron chi connectivity index (χ1n) is 31.0. The average molecular weight is 1260 g/mol. The van der Waals surface area contributed by atoms with Crippen LogP contribution in [0.5, 0.6) is 0 Å². The molecule has 0 radical (unpaired) electrons. The molecule has 0 bridgehead atoms. The van der Waals surface area contributed by atoms with E-state index in [0.717, 1.165) is 19.6 Å². The molecule has 2 aromatic carbocycles. The van der Waals surface area contributed by atoms with Crippen molar-refractivity contribution in [2.75, 3.05) is 28.2 Å². The smallest absolute Gasteiger partial charge is 0.329 e. The lowest BCUT2D eigenvalue weighted by Gasteiger charge is -2.35. The zero-order chi connectivity index (χ0) is 66.4. The molecule has 0 spiro atoms. The Kier molecular flexibility index (Phi) is 22.6. The lowest BCUT2D eigenvalue weighted by Crippen LogP contribution is -2.55. The molecule has 3 aliphatic rings. The molecule has 10 atom stereocenters. The molecule has 2 saturated carbocycles. The maximum atomic E-state index is 15.1. The molecule has 24 heteroatoms. The summed E-state index contributed by atoms with van der Waals surface area (Å²) in [6.45, 7) is 17.4. The molecule has 4 amide bonds. The predicted molar refractivity (Wildman–Crippen MR) is 322 cm³/mol. The van der Waals surface area contributed by atoms with E-state index in [-0.39, 0.29) is 88.1 Å². The Bertz CT molecular complexity index is 2980. The predicted octanol–water partition coefficient (Wildman–Crippen LogP) is 8.40. The summed E-state index contributed by atoms with van der Waals surface area (Å²) >= 11 is 0. The molecule has 1 aliphatic heterocycles. The van der Waals surface area contributed by atoms with E-state index >= 15 is 9.59 Å². The number of hydrogen-bond acceptors (Lipinski definition) is 14. The van der Waals surface area contributed by atoms with Crippen molar-refractivity contribution in [2.45, 2.75) is 206 Å². The van der Waals surface area contributed by atoms with E-state index in [4.69, 9.17) is 18.9 Å². The number of nitrogens with zero attached hydrogens (tertiary/aromatic N) is 8. The van der Waals surface area contributed by atoms with Crippen LogP contribution in [0, 0.1) is 23.7 Å². The molecular weight excluding hydrogens is 1170 g/mol. The molecule has 0 N–H and O–H groups in total. The number of carbonyl (C=O) groups is 8. The monoisotopic (exact) mass is 1260 g/mol. The zero-order valence-electron chi connectivity index (χ0n) is 54.1. The van der Waals surface area contributed by atoms with Crippen LogP contribution in [0.15, 0.2) is 73.1 Å². The topological polar surface area (TPSA) is 222 Å². The summed E-state index contributed by atoms with van der Waals surface area (Å²) in [5, 5.41) is 8.53.